The topological polar surface area (TPSA) is 40.5 Å². The normalized spacial score (nSPS) is 35.9. The van der Waals surface area contributed by atoms with Crippen molar-refractivity contribution in [2.24, 2.45) is 11.8 Å². The average Bonchev–Trinajstić information content (AvgIpc) is 2.67. The van der Waals surface area contributed by atoms with E-state index in [1.807, 2.05) is 0 Å². The quantitative estimate of drug-likeness (QED) is 0.823. The van der Waals surface area contributed by atoms with Crippen LogP contribution in [0, 0.1) is 11.8 Å². The molecule has 1 saturated carbocycles. The summed E-state index contributed by atoms with van der Waals surface area (Å²) in [5, 5.41) is 9.42. The van der Waals surface area contributed by atoms with Gasteiger partial charge in [-0.15, -0.1) is 0 Å². The van der Waals surface area contributed by atoms with Crippen LogP contribution in [0.1, 0.15) is 52.9 Å². The number of carboxylic acid groups (broad SMARTS) is 1. The molecule has 0 bridgehead atoms. The molecular formula is C14H25NO2. The zero-order valence-electron chi connectivity index (χ0n) is 11.2. The molecule has 1 aliphatic carbocycles. The van der Waals surface area contributed by atoms with Crippen molar-refractivity contribution in [2.45, 2.75) is 71.0 Å². The molecule has 3 nitrogen and oxygen atoms in total. The van der Waals surface area contributed by atoms with Crippen LogP contribution >= 0.6 is 0 Å². The predicted octanol–water partition coefficient (Wildman–Crippen LogP) is 2.75. The Balaban J connectivity index is 2.20. The molecular weight excluding hydrogens is 214 g/mol. The van der Waals surface area contributed by atoms with E-state index in [0.29, 0.717) is 23.9 Å². The molecule has 0 aromatic heterocycles. The molecule has 4 unspecified atom stereocenters. The van der Waals surface area contributed by atoms with Crippen LogP contribution in [0.5, 0.6) is 0 Å². The van der Waals surface area contributed by atoms with Gasteiger partial charge in [0.05, 0.1) is 0 Å². The minimum atomic E-state index is -0.619. The van der Waals surface area contributed by atoms with Crippen LogP contribution in [-0.2, 0) is 4.79 Å². The fraction of sp³-hybridized carbons (Fsp3) is 0.929. The highest BCUT2D eigenvalue weighted by atomic mass is 16.4. The summed E-state index contributed by atoms with van der Waals surface area (Å²) in [5.41, 5.74) is 0. The van der Waals surface area contributed by atoms with Gasteiger partial charge in [0, 0.05) is 12.1 Å². The van der Waals surface area contributed by atoms with Crippen LogP contribution in [-0.4, -0.2) is 34.1 Å². The molecule has 0 aromatic rings. The Morgan fingerprint density at radius 3 is 2.47 bits per heavy atom. The number of carboxylic acids is 1. The lowest BCUT2D eigenvalue weighted by Crippen LogP contribution is -2.49. The van der Waals surface area contributed by atoms with Gasteiger partial charge < -0.3 is 5.11 Å². The van der Waals surface area contributed by atoms with Gasteiger partial charge in [0.15, 0.2) is 0 Å². The summed E-state index contributed by atoms with van der Waals surface area (Å²) in [6.45, 7) is 6.58. The Morgan fingerprint density at radius 2 is 1.88 bits per heavy atom. The summed E-state index contributed by atoms with van der Waals surface area (Å²) in [4.78, 5) is 13.8. The first-order valence-corrected chi connectivity index (χ1v) is 7.02. The Labute approximate surface area is 104 Å². The molecule has 98 valence electrons. The van der Waals surface area contributed by atoms with Crippen LogP contribution in [0.3, 0.4) is 0 Å². The lowest BCUT2D eigenvalue weighted by Gasteiger charge is -2.38. The number of carbonyl (C=O) groups is 1. The third-order valence-electron chi connectivity index (χ3n) is 4.86. The zero-order chi connectivity index (χ0) is 12.6. The van der Waals surface area contributed by atoms with Gasteiger partial charge >= 0.3 is 5.97 Å². The second kappa shape index (κ2) is 4.97. The van der Waals surface area contributed by atoms with Gasteiger partial charge in [-0.25, -0.2) is 0 Å². The molecule has 17 heavy (non-hydrogen) atoms. The maximum atomic E-state index is 11.4. The largest absolute Gasteiger partial charge is 0.480 e. The van der Waals surface area contributed by atoms with E-state index in [2.05, 4.69) is 25.7 Å². The molecule has 0 amide bonds. The maximum Gasteiger partial charge on any atom is 0.320 e. The summed E-state index contributed by atoms with van der Waals surface area (Å²) in [7, 11) is 0. The smallest absolute Gasteiger partial charge is 0.320 e. The van der Waals surface area contributed by atoms with Crippen molar-refractivity contribution in [1.82, 2.24) is 4.90 Å². The monoisotopic (exact) mass is 239 g/mol. The lowest BCUT2D eigenvalue weighted by molar-refractivity contribution is -0.143. The minimum Gasteiger partial charge on any atom is -0.480 e. The van der Waals surface area contributed by atoms with Gasteiger partial charge in [-0.3, -0.25) is 9.69 Å². The molecule has 2 rings (SSSR count). The minimum absolute atomic E-state index is 0.236. The first-order chi connectivity index (χ1) is 8.02. The van der Waals surface area contributed by atoms with Crippen molar-refractivity contribution in [3.8, 4) is 0 Å². The number of hydrogen-bond acceptors (Lipinski definition) is 2. The Bertz CT molecular complexity index is 290. The average molecular weight is 239 g/mol. The van der Waals surface area contributed by atoms with E-state index >= 15 is 0 Å². The highest BCUT2D eigenvalue weighted by Gasteiger charge is 2.47. The second-order valence-electron chi connectivity index (χ2n) is 6.13. The second-order valence-corrected chi connectivity index (χ2v) is 6.13. The van der Waals surface area contributed by atoms with Crippen molar-refractivity contribution in [1.29, 1.82) is 0 Å². The predicted molar refractivity (Wildman–Crippen MR) is 67.9 cm³/mol. The fourth-order valence-corrected chi connectivity index (χ4v) is 3.65. The summed E-state index contributed by atoms with van der Waals surface area (Å²) in [6, 6.07) is 0.673. The number of nitrogens with zero attached hydrogens (tertiary/aromatic N) is 1. The number of rotatable bonds is 3. The molecule has 1 aliphatic heterocycles. The molecule has 1 saturated heterocycles. The molecule has 1 N–H and O–H groups in total. The van der Waals surface area contributed by atoms with Crippen molar-refractivity contribution in [2.75, 3.05) is 0 Å². The van der Waals surface area contributed by atoms with Crippen LogP contribution in [0.15, 0.2) is 0 Å². The summed E-state index contributed by atoms with van der Waals surface area (Å²) in [6.07, 6.45) is 5.87. The molecule has 0 radical (unpaired) electrons. The summed E-state index contributed by atoms with van der Waals surface area (Å²) < 4.78 is 0. The maximum absolute atomic E-state index is 11.4. The van der Waals surface area contributed by atoms with Gasteiger partial charge in [-0.05, 0) is 38.0 Å². The van der Waals surface area contributed by atoms with Crippen molar-refractivity contribution in [3.05, 3.63) is 0 Å². The number of likely N-dealkylation sites (tertiary alicyclic amines) is 1. The molecule has 2 fully saturated rings. The first-order valence-electron chi connectivity index (χ1n) is 7.02. The van der Waals surface area contributed by atoms with Gasteiger partial charge in [-0.1, -0.05) is 26.7 Å². The van der Waals surface area contributed by atoms with E-state index in [1.54, 1.807) is 0 Å². The van der Waals surface area contributed by atoms with Crippen molar-refractivity contribution >= 4 is 5.97 Å². The standard InChI is InChI=1S/C14H25NO2/c1-9(2)10(3)15-12-7-5-4-6-11(12)8-13(15)14(16)17/h9-13H,4-8H2,1-3H3,(H,16,17). The number of fused-ring (bicyclic) bond motifs is 1. The number of hydrogen-bond donors (Lipinski definition) is 1. The highest BCUT2D eigenvalue weighted by molar-refractivity contribution is 5.74. The lowest BCUT2D eigenvalue weighted by atomic mass is 9.84. The fourth-order valence-electron chi connectivity index (χ4n) is 3.65. The number of aliphatic carboxylic acids is 1. The third-order valence-corrected chi connectivity index (χ3v) is 4.86. The van der Waals surface area contributed by atoms with Crippen molar-refractivity contribution < 1.29 is 9.90 Å². The van der Waals surface area contributed by atoms with Gasteiger partial charge in [0.1, 0.15) is 6.04 Å². The van der Waals surface area contributed by atoms with E-state index in [9.17, 15) is 9.90 Å². The molecule has 3 heteroatoms. The van der Waals surface area contributed by atoms with Gasteiger partial charge in [0.2, 0.25) is 0 Å². The zero-order valence-corrected chi connectivity index (χ0v) is 11.2. The van der Waals surface area contributed by atoms with Crippen molar-refractivity contribution in [3.63, 3.8) is 0 Å². The SMILES string of the molecule is CC(C)C(C)N1C(C(=O)O)CC2CCCCC21. The van der Waals surface area contributed by atoms with E-state index in [4.69, 9.17) is 0 Å². The Kier molecular flexibility index (Phi) is 3.76. The van der Waals surface area contributed by atoms with E-state index in [-0.39, 0.29) is 6.04 Å². The Hall–Kier alpha value is -0.570. The van der Waals surface area contributed by atoms with Gasteiger partial charge in [-0.2, -0.15) is 0 Å². The molecule has 4 atom stereocenters. The van der Waals surface area contributed by atoms with E-state index in [0.717, 1.165) is 6.42 Å². The molecule has 1 heterocycles. The molecule has 0 aromatic carbocycles. The van der Waals surface area contributed by atoms with Crippen LogP contribution in [0.2, 0.25) is 0 Å². The van der Waals surface area contributed by atoms with Crippen LogP contribution in [0.25, 0.3) is 0 Å². The molecule has 0 spiro atoms. The summed E-state index contributed by atoms with van der Waals surface area (Å²) in [5.74, 6) is 0.537. The Morgan fingerprint density at radius 1 is 1.24 bits per heavy atom. The third kappa shape index (κ3) is 2.35. The van der Waals surface area contributed by atoms with Crippen LogP contribution < -0.4 is 0 Å². The molecule has 2 aliphatic rings. The van der Waals surface area contributed by atoms with E-state index < -0.39 is 5.97 Å². The van der Waals surface area contributed by atoms with Crippen LogP contribution in [0.4, 0.5) is 0 Å². The highest BCUT2D eigenvalue weighted by Crippen LogP contribution is 2.41. The van der Waals surface area contributed by atoms with E-state index in [1.165, 1.54) is 25.7 Å². The first kappa shape index (κ1) is 12.9. The van der Waals surface area contributed by atoms with Gasteiger partial charge in [0.25, 0.3) is 0 Å². The summed E-state index contributed by atoms with van der Waals surface area (Å²) >= 11 is 0.